The number of hydrogen-bond acceptors (Lipinski definition) is 3. The molecule has 1 unspecified atom stereocenters. The largest absolute Gasteiger partial charge is 0.383 e. The van der Waals surface area contributed by atoms with E-state index in [2.05, 4.69) is 5.32 Å². The van der Waals surface area contributed by atoms with Crippen molar-refractivity contribution in [1.29, 1.82) is 0 Å². The van der Waals surface area contributed by atoms with Gasteiger partial charge in [0, 0.05) is 39.4 Å². The minimum Gasteiger partial charge on any atom is -0.383 e. The van der Waals surface area contributed by atoms with E-state index in [1.165, 1.54) is 0 Å². The van der Waals surface area contributed by atoms with Crippen molar-refractivity contribution in [1.82, 2.24) is 14.8 Å². The van der Waals surface area contributed by atoms with Gasteiger partial charge in [0.25, 0.3) is 5.91 Å². The lowest BCUT2D eigenvalue weighted by Crippen LogP contribution is -2.53. The highest BCUT2D eigenvalue weighted by molar-refractivity contribution is 5.93. The molecule has 1 aliphatic rings. The lowest BCUT2D eigenvalue weighted by molar-refractivity contribution is -0.122. The van der Waals surface area contributed by atoms with Gasteiger partial charge >= 0.3 is 0 Å². The monoisotopic (exact) mass is 307 g/mol. The number of fused-ring (bicyclic) bond motifs is 1. The number of carbonyl (C=O) groups excluding carboxylic acids is 2. The average Bonchev–Trinajstić information content (AvgIpc) is 2.92. The molecule has 0 aromatic carbocycles. The molecule has 1 atom stereocenters. The Morgan fingerprint density at radius 2 is 2.27 bits per heavy atom. The van der Waals surface area contributed by atoms with E-state index in [0.29, 0.717) is 44.3 Å². The topological polar surface area (TPSA) is 63.6 Å². The van der Waals surface area contributed by atoms with Crippen molar-refractivity contribution < 1.29 is 14.3 Å². The summed E-state index contributed by atoms with van der Waals surface area (Å²) in [7, 11) is 1.62. The zero-order chi connectivity index (χ0) is 16.1. The lowest BCUT2D eigenvalue weighted by Gasteiger charge is -2.36. The molecule has 0 bridgehead atoms. The summed E-state index contributed by atoms with van der Waals surface area (Å²) in [5.74, 6) is 0.359. The second-order valence-electron chi connectivity index (χ2n) is 6.09. The smallest absolute Gasteiger partial charge is 0.270 e. The minimum absolute atomic E-state index is 0.00333. The molecule has 0 saturated heterocycles. The first-order valence-corrected chi connectivity index (χ1v) is 7.74. The van der Waals surface area contributed by atoms with Crippen molar-refractivity contribution in [3.63, 3.8) is 0 Å². The standard InChI is InChI=1S/C16H25N3O3/c1-12(2)9-15(20)17-10-13-11-18-6-4-5-14(18)16(21)19(13)7-8-22-3/h4-6,12-13H,7-11H2,1-3H3,(H,17,20). The van der Waals surface area contributed by atoms with E-state index in [0.717, 1.165) is 0 Å². The average molecular weight is 307 g/mol. The molecule has 0 saturated carbocycles. The summed E-state index contributed by atoms with van der Waals surface area (Å²) < 4.78 is 7.05. The first-order chi connectivity index (χ1) is 10.5. The van der Waals surface area contributed by atoms with Gasteiger partial charge < -0.3 is 19.5 Å². The van der Waals surface area contributed by atoms with Crippen LogP contribution >= 0.6 is 0 Å². The Morgan fingerprint density at radius 1 is 1.50 bits per heavy atom. The van der Waals surface area contributed by atoms with Crippen LogP contribution in [-0.2, 0) is 16.1 Å². The Bertz CT molecular complexity index is 524. The van der Waals surface area contributed by atoms with Gasteiger partial charge in [-0.2, -0.15) is 0 Å². The molecule has 22 heavy (non-hydrogen) atoms. The fourth-order valence-corrected chi connectivity index (χ4v) is 2.73. The van der Waals surface area contributed by atoms with Crippen molar-refractivity contribution in [2.24, 2.45) is 5.92 Å². The summed E-state index contributed by atoms with van der Waals surface area (Å²) in [6, 6.07) is 3.66. The van der Waals surface area contributed by atoms with E-state index in [1.807, 2.05) is 36.7 Å². The second-order valence-corrected chi connectivity index (χ2v) is 6.09. The number of amides is 2. The Kier molecular flexibility index (Phi) is 5.60. The highest BCUT2D eigenvalue weighted by Crippen LogP contribution is 2.18. The summed E-state index contributed by atoms with van der Waals surface area (Å²) in [5.41, 5.74) is 0.695. The molecule has 6 heteroatoms. The fourth-order valence-electron chi connectivity index (χ4n) is 2.73. The van der Waals surface area contributed by atoms with Crippen LogP contribution in [0.5, 0.6) is 0 Å². The second kappa shape index (κ2) is 7.45. The first kappa shape index (κ1) is 16.5. The molecular weight excluding hydrogens is 282 g/mol. The highest BCUT2D eigenvalue weighted by Gasteiger charge is 2.31. The third kappa shape index (κ3) is 3.88. The van der Waals surface area contributed by atoms with Crippen LogP contribution in [0.25, 0.3) is 0 Å². The van der Waals surface area contributed by atoms with Gasteiger partial charge in [-0.3, -0.25) is 9.59 Å². The zero-order valence-corrected chi connectivity index (χ0v) is 13.5. The fraction of sp³-hybridized carbons (Fsp3) is 0.625. The maximum absolute atomic E-state index is 12.6. The predicted octanol–water partition coefficient (Wildman–Crippen LogP) is 1.12. The molecule has 6 nitrogen and oxygen atoms in total. The van der Waals surface area contributed by atoms with Crippen LogP contribution in [-0.4, -0.2) is 54.1 Å². The van der Waals surface area contributed by atoms with E-state index in [4.69, 9.17) is 4.74 Å². The summed E-state index contributed by atoms with van der Waals surface area (Å²) >= 11 is 0. The van der Waals surface area contributed by atoms with Gasteiger partial charge in [-0.05, 0) is 18.1 Å². The van der Waals surface area contributed by atoms with Gasteiger partial charge in [-0.15, -0.1) is 0 Å². The summed E-state index contributed by atoms with van der Waals surface area (Å²) in [4.78, 5) is 26.2. The molecule has 0 radical (unpaired) electrons. The van der Waals surface area contributed by atoms with Crippen molar-refractivity contribution >= 4 is 11.8 Å². The molecule has 0 spiro atoms. The summed E-state index contributed by atoms with van der Waals surface area (Å²) in [6.45, 7) is 6.22. The molecule has 2 heterocycles. The van der Waals surface area contributed by atoms with Crippen LogP contribution < -0.4 is 5.32 Å². The van der Waals surface area contributed by atoms with Crippen molar-refractivity contribution in [3.8, 4) is 0 Å². The van der Waals surface area contributed by atoms with Gasteiger partial charge in [-0.1, -0.05) is 13.8 Å². The number of carbonyl (C=O) groups is 2. The molecule has 122 valence electrons. The quantitative estimate of drug-likeness (QED) is 0.821. The molecule has 0 aliphatic carbocycles. The maximum Gasteiger partial charge on any atom is 0.270 e. The van der Waals surface area contributed by atoms with Gasteiger partial charge in [0.05, 0.1) is 12.6 Å². The maximum atomic E-state index is 12.6. The number of aromatic nitrogens is 1. The van der Waals surface area contributed by atoms with Gasteiger partial charge in [0.15, 0.2) is 0 Å². The van der Waals surface area contributed by atoms with E-state index in [9.17, 15) is 9.59 Å². The number of hydrogen-bond donors (Lipinski definition) is 1. The Labute approximate surface area is 131 Å². The van der Waals surface area contributed by atoms with E-state index in [1.54, 1.807) is 12.0 Å². The highest BCUT2D eigenvalue weighted by atomic mass is 16.5. The van der Waals surface area contributed by atoms with Gasteiger partial charge in [-0.25, -0.2) is 0 Å². The van der Waals surface area contributed by atoms with Crippen LogP contribution in [0.3, 0.4) is 0 Å². The molecule has 1 aromatic heterocycles. The normalized spacial score (nSPS) is 17.7. The molecule has 1 N–H and O–H groups in total. The minimum atomic E-state index is -0.0429. The zero-order valence-electron chi connectivity index (χ0n) is 13.5. The SMILES string of the molecule is COCCN1C(=O)c2cccn2CC1CNC(=O)CC(C)C. The van der Waals surface area contributed by atoms with E-state index < -0.39 is 0 Å². The van der Waals surface area contributed by atoms with E-state index >= 15 is 0 Å². The molecule has 1 aliphatic heterocycles. The van der Waals surface area contributed by atoms with Crippen LogP contribution in [0.1, 0.15) is 30.8 Å². The number of nitrogens with zero attached hydrogens (tertiary/aromatic N) is 2. The van der Waals surface area contributed by atoms with Crippen LogP contribution in [0.2, 0.25) is 0 Å². The van der Waals surface area contributed by atoms with Crippen LogP contribution in [0.15, 0.2) is 18.3 Å². The molecule has 2 rings (SSSR count). The molecular formula is C16H25N3O3. The number of rotatable bonds is 7. The van der Waals surface area contributed by atoms with E-state index in [-0.39, 0.29) is 17.9 Å². The predicted molar refractivity (Wildman–Crippen MR) is 83.6 cm³/mol. The molecule has 2 amide bonds. The van der Waals surface area contributed by atoms with Crippen LogP contribution in [0, 0.1) is 5.92 Å². The third-order valence-electron chi connectivity index (χ3n) is 3.82. The Morgan fingerprint density at radius 3 is 2.95 bits per heavy atom. The van der Waals surface area contributed by atoms with Crippen molar-refractivity contribution in [2.75, 3.05) is 26.8 Å². The Balaban J connectivity index is 2.03. The van der Waals surface area contributed by atoms with Gasteiger partial charge in [0.2, 0.25) is 5.91 Å². The van der Waals surface area contributed by atoms with Crippen LogP contribution in [0.4, 0.5) is 0 Å². The Hall–Kier alpha value is -1.82. The van der Waals surface area contributed by atoms with Crippen molar-refractivity contribution in [2.45, 2.75) is 32.9 Å². The molecule has 0 fully saturated rings. The summed E-state index contributed by atoms with van der Waals surface area (Å²) in [5, 5.41) is 2.95. The summed E-state index contributed by atoms with van der Waals surface area (Å²) in [6.07, 6.45) is 2.41. The lowest BCUT2D eigenvalue weighted by atomic mass is 10.1. The number of nitrogens with one attached hydrogen (secondary N) is 1. The van der Waals surface area contributed by atoms with Gasteiger partial charge in [0.1, 0.15) is 5.69 Å². The number of methoxy groups -OCH3 is 1. The third-order valence-corrected chi connectivity index (χ3v) is 3.82. The molecule has 1 aromatic rings. The van der Waals surface area contributed by atoms with Crippen molar-refractivity contribution in [3.05, 3.63) is 24.0 Å². The number of ether oxygens (including phenoxy) is 1. The first-order valence-electron chi connectivity index (χ1n) is 7.74.